The summed E-state index contributed by atoms with van der Waals surface area (Å²) in [5.41, 5.74) is 1.48. The monoisotopic (exact) mass is 408 g/mol. The van der Waals surface area contributed by atoms with Crippen molar-refractivity contribution in [2.75, 3.05) is 45.6 Å². The molecular weight excluding hydrogens is 371 g/mol. The molecule has 0 unspecified atom stereocenters. The van der Waals surface area contributed by atoms with Gasteiger partial charge in [0.05, 0.1) is 19.4 Å². The van der Waals surface area contributed by atoms with E-state index < -0.39 is 7.60 Å². The summed E-state index contributed by atoms with van der Waals surface area (Å²) in [6.07, 6.45) is 5.19. The van der Waals surface area contributed by atoms with Gasteiger partial charge in [0.25, 0.3) is 0 Å². The van der Waals surface area contributed by atoms with Gasteiger partial charge in [0.1, 0.15) is 0 Å². The van der Waals surface area contributed by atoms with Gasteiger partial charge in [-0.1, -0.05) is 30.3 Å². The van der Waals surface area contributed by atoms with Crippen molar-refractivity contribution in [2.45, 2.75) is 51.5 Å². The second-order valence-electron chi connectivity index (χ2n) is 8.08. The summed E-state index contributed by atoms with van der Waals surface area (Å²) in [5, 5.41) is 3.79. The van der Waals surface area contributed by atoms with Crippen molar-refractivity contribution in [3.8, 4) is 0 Å². The highest BCUT2D eigenvalue weighted by Gasteiger charge is 2.38. The molecule has 6 heteroatoms. The third kappa shape index (κ3) is 6.67. The largest absolute Gasteiger partial charge is 0.330 e. The quantitative estimate of drug-likeness (QED) is 0.516. The number of hydrogen-bond acceptors (Lipinski definition) is 5. The molecule has 28 heavy (non-hydrogen) atoms. The molecule has 2 fully saturated rings. The van der Waals surface area contributed by atoms with Crippen LogP contribution >= 0.6 is 7.60 Å². The van der Waals surface area contributed by atoms with Crippen molar-refractivity contribution >= 4 is 7.60 Å². The highest BCUT2D eigenvalue weighted by atomic mass is 31.2. The summed E-state index contributed by atoms with van der Waals surface area (Å²) in [6, 6.07) is 11.5. The van der Waals surface area contributed by atoms with E-state index in [0.717, 1.165) is 38.5 Å². The first-order valence-corrected chi connectivity index (χ1v) is 12.7. The Hall–Kier alpha value is -0.710. The van der Waals surface area contributed by atoms with E-state index in [1.165, 1.54) is 24.8 Å². The molecule has 0 spiro atoms. The maximum absolute atomic E-state index is 12.5. The molecular formula is C22H37N2O3P. The molecule has 0 aromatic heterocycles. The molecule has 0 bridgehead atoms. The summed E-state index contributed by atoms with van der Waals surface area (Å²) >= 11 is 0. The van der Waals surface area contributed by atoms with Crippen LogP contribution in [0.5, 0.6) is 0 Å². The molecule has 1 saturated carbocycles. The smallest absolute Gasteiger partial charge is 0.313 e. The highest BCUT2D eigenvalue weighted by molar-refractivity contribution is 7.53. The molecule has 1 N–H and O–H groups in total. The lowest BCUT2D eigenvalue weighted by atomic mass is 9.96. The average Bonchev–Trinajstić information content (AvgIpc) is 3.48. The lowest BCUT2D eigenvalue weighted by molar-refractivity contribution is 0.179. The first kappa shape index (κ1) is 22.0. The van der Waals surface area contributed by atoms with E-state index in [1.807, 2.05) is 13.8 Å². The minimum absolute atomic E-state index is 0.446. The first-order valence-electron chi connectivity index (χ1n) is 11.0. The van der Waals surface area contributed by atoms with E-state index in [0.29, 0.717) is 31.3 Å². The van der Waals surface area contributed by atoms with Gasteiger partial charge in [-0.3, -0.25) is 4.57 Å². The molecule has 1 aliphatic carbocycles. The van der Waals surface area contributed by atoms with Crippen LogP contribution in [0.15, 0.2) is 30.3 Å². The number of rotatable bonds is 12. The maximum atomic E-state index is 12.5. The Bertz CT molecular complexity index is 609. The molecule has 158 valence electrons. The van der Waals surface area contributed by atoms with Gasteiger partial charge in [0.2, 0.25) is 0 Å². The number of nitrogens with zero attached hydrogens (tertiary/aromatic N) is 1. The van der Waals surface area contributed by atoms with Gasteiger partial charge in [0, 0.05) is 12.0 Å². The molecule has 1 heterocycles. The minimum atomic E-state index is -2.88. The van der Waals surface area contributed by atoms with Crippen LogP contribution in [0.2, 0.25) is 0 Å². The third-order valence-corrected chi connectivity index (χ3v) is 8.12. The van der Waals surface area contributed by atoms with E-state index in [1.54, 1.807) is 0 Å². The average molecular weight is 409 g/mol. The molecule has 1 saturated heterocycles. The Labute approximate surface area is 170 Å². The molecule has 1 aromatic rings. The predicted molar refractivity (Wildman–Crippen MR) is 115 cm³/mol. The van der Waals surface area contributed by atoms with Crippen LogP contribution in [0.25, 0.3) is 0 Å². The van der Waals surface area contributed by atoms with Crippen molar-refractivity contribution in [1.29, 1.82) is 0 Å². The van der Waals surface area contributed by atoms with Crippen LogP contribution < -0.4 is 5.32 Å². The second kappa shape index (κ2) is 10.9. The zero-order valence-electron chi connectivity index (χ0n) is 17.5. The summed E-state index contributed by atoms with van der Waals surface area (Å²) in [4.78, 5) is 2.50. The predicted octanol–water partition coefficient (Wildman–Crippen LogP) is 4.50. The highest BCUT2D eigenvalue weighted by Crippen LogP contribution is 2.48. The van der Waals surface area contributed by atoms with Crippen molar-refractivity contribution in [3.63, 3.8) is 0 Å². The summed E-state index contributed by atoms with van der Waals surface area (Å²) in [5.74, 6) is 1.50. The molecule has 1 aromatic carbocycles. The molecule has 0 radical (unpaired) electrons. The van der Waals surface area contributed by atoms with Crippen molar-refractivity contribution in [1.82, 2.24) is 10.2 Å². The summed E-state index contributed by atoms with van der Waals surface area (Å²) in [7, 11) is -2.88. The zero-order chi connectivity index (χ0) is 19.8. The Morgan fingerprint density at radius 2 is 1.79 bits per heavy atom. The Kier molecular flexibility index (Phi) is 8.55. The fourth-order valence-corrected chi connectivity index (χ4v) is 5.92. The molecule has 3 rings (SSSR count). The number of nitrogens with one attached hydrogen (secondary N) is 1. The topological polar surface area (TPSA) is 50.8 Å². The maximum Gasteiger partial charge on any atom is 0.330 e. The fraction of sp³-hybridized carbons (Fsp3) is 0.727. The Balaban J connectivity index is 1.28. The zero-order valence-corrected chi connectivity index (χ0v) is 18.4. The Morgan fingerprint density at radius 3 is 2.43 bits per heavy atom. The van der Waals surface area contributed by atoms with Crippen molar-refractivity contribution < 1.29 is 13.6 Å². The van der Waals surface area contributed by atoms with Crippen molar-refractivity contribution in [3.05, 3.63) is 35.9 Å². The van der Waals surface area contributed by atoms with E-state index in [4.69, 9.17) is 9.05 Å². The van der Waals surface area contributed by atoms with E-state index >= 15 is 0 Å². The van der Waals surface area contributed by atoms with Crippen LogP contribution in [0.1, 0.15) is 51.0 Å². The van der Waals surface area contributed by atoms with Crippen LogP contribution in [-0.4, -0.2) is 56.5 Å². The van der Waals surface area contributed by atoms with Gasteiger partial charge in [-0.2, -0.15) is 0 Å². The van der Waals surface area contributed by atoms with Crippen LogP contribution in [0, 0.1) is 5.92 Å². The molecule has 5 nitrogen and oxygen atoms in total. The number of likely N-dealkylation sites (tertiary alicyclic amines) is 1. The van der Waals surface area contributed by atoms with Crippen molar-refractivity contribution in [2.24, 2.45) is 5.92 Å². The number of benzene rings is 1. The standard InChI is InChI=1S/C22H37N2O3P/c1-3-26-28(25,27-4-2)16-8-13-24-14-11-19(12-15-24)18-23-22-17-21(22)20-9-6-5-7-10-20/h5-7,9-10,19,21-23H,3-4,8,11-18H2,1-2H3/t21-,22+/m0/s1. The lowest BCUT2D eigenvalue weighted by Crippen LogP contribution is -2.38. The normalized spacial score (nSPS) is 23.8. The second-order valence-corrected chi connectivity index (χ2v) is 10.3. The molecule has 2 atom stereocenters. The third-order valence-electron chi connectivity index (χ3n) is 5.95. The minimum Gasteiger partial charge on any atom is -0.313 e. The van der Waals surface area contributed by atoms with Gasteiger partial charge >= 0.3 is 7.60 Å². The number of piperidine rings is 1. The summed E-state index contributed by atoms with van der Waals surface area (Å²) < 4.78 is 23.3. The fourth-order valence-electron chi connectivity index (χ4n) is 4.27. The molecule has 0 amide bonds. The van der Waals surface area contributed by atoms with Gasteiger partial charge in [-0.05, 0) is 77.2 Å². The van der Waals surface area contributed by atoms with E-state index in [-0.39, 0.29) is 0 Å². The van der Waals surface area contributed by atoms with Gasteiger partial charge in [0.15, 0.2) is 0 Å². The molecule has 1 aliphatic heterocycles. The van der Waals surface area contributed by atoms with Gasteiger partial charge in [-0.25, -0.2) is 0 Å². The van der Waals surface area contributed by atoms with Crippen LogP contribution in [0.4, 0.5) is 0 Å². The van der Waals surface area contributed by atoms with Crippen LogP contribution in [0.3, 0.4) is 0 Å². The molecule has 2 aliphatic rings. The van der Waals surface area contributed by atoms with Gasteiger partial charge < -0.3 is 19.3 Å². The van der Waals surface area contributed by atoms with Crippen LogP contribution in [-0.2, 0) is 13.6 Å². The first-order chi connectivity index (χ1) is 13.6. The van der Waals surface area contributed by atoms with Gasteiger partial charge in [-0.15, -0.1) is 0 Å². The number of hydrogen-bond donors (Lipinski definition) is 1. The van der Waals surface area contributed by atoms with E-state index in [9.17, 15) is 4.57 Å². The van der Waals surface area contributed by atoms with E-state index in [2.05, 4.69) is 40.5 Å². The SMILES string of the molecule is CCOP(=O)(CCCN1CCC(CN[C@@H]2C[C@H]2c2ccccc2)CC1)OCC. The Morgan fingerprint density at radius 1 is 1.11 bits per heavy atom. The lowest BCUT2D eigenvalue weighted by Gasteiger charge is -2.32. The summed E-state index contributed by atoms with van der Waals surface area (Å²) in [6.45, 7) is 9.06.